The van der Waals surface area contributed by atoms with E-state index in [9.17, 15) is 4.21 Å². The van der Waals surface area contributed by atoms with Gasteiger partial charge in [-0.3, -0.25) is 4.21 Å². The Kier molecular flexibility index (Phi) is 2.94. The Labute approximate surface area is 93.1 Å². The van der Waals surface area contributed by atoms with Gasteiger partial charge in [0.25, 0.3) is 0 Å². The van der Waals surface area contributed by atoms with Gasteiger partial charge in [0.1, 0.15) is 0 Å². The van der Waals surface area contributed by atoms with Gasteiger partial charge in [0.2, 0.25) is 0 Å². The minimum atomic E-state index is -0.806. The second-order valence-electron chi connectivity index (χ2n) is 4.48. The van der Waals surface area contributed by atoms with E-state index in [0.29, 0.717) is 12.4 Å². The maximum atomic E-state index is 11.9. The van der Waals surface area contributed by atoms with Crippen LogP contribution in [0.15, 0.2) is 30.3 Å². The van der Waals surface area contributed by atoms with Crippen molar-refractivity contribution in [2.24, 2.45) is 0 Å². The number of rotatable bonds is 1. The highest BCUT2D eigenvalue weighted by Crippen LogP contribution is 2.29. The normalized spacial score (nSPS) is 30.0. The lowest BCUT2D eigenvalue weighted by atomic mass is 10.1. The van der Waals surface area contributed by atoms with E-state index in [1.165, 1.54) is 0 Å². The molecule has 0 amide bonds. The summed E-state index contributed by atoms with van der Waals surface area (Å²) in [6, 6.07) is 10.0. The van der Waals surface area contributed by atoms with Gasteiger partial charge in [-0.05, 0) is 19.4 Å². The molecule has 1 aromatic rings. The van der Waals surface area contributed by atoms with Gasteiger partial charge in [0.15, 0.2) is 0 Å². The summed E-state index contributed by atoms with van der Waals surface area (Å²) in [5, 5.41) is 0. The van der Waals surface area contributed by atoms with Crippen LogP contribution in [0.4, 0.5) is 0 Å². The standard InChI is InChI=1S/C12H16O2S/c1-12(2)9-14-11(8-15(12)13)10-6-4-3-5-7-10/h3-7,11H,8-9H2,1-2H3/t11-,15?/m0/s1. The lowest BCUT2D eigenvalue weighted by molar-refractivity contribution is 0.0457. The minimum absolute atomic E-state index is 0.0000540. The van der Waals surface area contributed by atoms with Crippen LogP contribution in [0.3, 0.4) is 0 Å². The molecule has 3 heteroatoms. The zero-order chi connectivity index (χ0) is 10.9. The molecule has 0 radical (unpaired) electrons. The van der Waals surface area contributed by atoms with E-state index < -0.39 is 10.8 Å². The summed E-state index contributed by atoms with van der Waals surface area (Å²) >= 11 is 0. The maximum absolute atomic E-state index is 11.9. The van der Waals surface area contributed by atoms with Crippen molar-refractivity contribution in [2.75, 3.05) is 12.4 Å². The van der Waals surface area contributed by atoms with Crippen molar-refractivity contribution < 1.29 is 8.95 Å². The summed E-state index contributed by atoms with van der Waals surface area (Å²) in [5.74, 6) is 0.608. The Morgan fingerprint density at radius 2 is 2.00 bits per heavy atom. The van der Waals surface area contributed by atoms with Crippen molar-refractivity contribution in [2.45, 2.75) is 24.7 Å². The first-order valence-electron chi connectivity index (χ1n) is 5.15. The van der Waals surface area contributed by atoms with E-state index >= 15 is 0 Å². The molecule has 1 heterocycles. The topological polar surface area (TPSA) is 26.3 Å². The number of ether oxygens (including phenoxy) is 1. The quantitative estimate of drug-likeness (QED) is 0.731. The molecular weight excluding hydrogens is 208 g/mol. The number of hydrogen-bond donors (Lipinski definition) is 0. The van der Waals surface area contributed by atoms with Crippen LogP contribution in [0.5, 0.6) is 0 Å². The van der Waals surface area contributed by atoms with Gasteiger partial charge >= 0.3 is 0 Å². The molecule has 1 aromatic carbocycles. The lowest BCUT2D eigenvalue weighted by Gasteiger charge is -2.33. The summed E-state index contributed by atoms with van der Waals surface area (Å²) in [7, 11) is -0.806. The Hall–Kier alpha value is -0.670. The summed E-state index contributed by atoms with van der Waals surface area (Å²) in [6.07, 6.45) is 0.0000540. The first kappa shape index (κ1) is 10.8. The van der Waals surface area contributed by atoms with Crippen LogP contribution in [0.2, 0.25) is 0 Å². The molecule has 0 saturated carbocycles. The minimum Gasteiger partial charge on any atom is -0.371 e. The smallest absolute Gasteiger partial charge is 0.0941 e. The average molecular weight is 224 g/mol. The van der Waals surface area contributed by atoms with Crippen LogP contribution in [0.1, 0.15) is 25.5 Å². The highest BCUT2D eigenvalue weighted by Gasteiger charge is 2.34. The van der Waals surface area contributed by atoms with E-state index in [0.717, 1.165) is 5.56 Å². The molecule has 1 fully saturated rings. The molecule has 15 heavy (non-hydrogen) atoms. The van der Waals surface area contributed by atoms with Crippen LogP contribution >= 0.6 is 0 Å². The monoisotopic (exact) mass is 224 g/mol. The fraction of sp³-hybridized carbons (Fsp3) is 0.500. The Morgan fingerprint density at radius 3 is 2.60 bits per heavy atom. The van der Waals surface area contributed by atoms with E-state index in [4.69, 9.17) is 4.74 Å². The van der Waals surface area contributed by atoms with Crippen LogP contribution in [-0.4, -0.2) is 21.3 Å². The van der Waals surface area contributed by atoms with Crippen molar-refractivity contribution in [3.8, 4) is 0 Å². The van der Waals surface area contributed by atoms with Gasteiger partial charge in [-0.2, -0.15) is 0 Å². The van der Waals surface area contributed by atoms with Crippen molar-refractivity contribution in [3.05, 3.63) is 35.9 Å². The number of hydrogen-bond acceptors (Lipinski definition) is 2. The molecule has 0 aromatic heterocycles. The average Bonchev–Trinajstić information content (AvgIpc) is 2.23. The third-order valence-electron chi connectivity index (χ3n) is 2.72. The predicted octanol–water partition coefficient (Wildman–Crippen LogP) is 2.29. The van der Waals surface area contributed by atoms with Crippen LogP contribution in [0.25, 0.3) is 0 Å². The fourth-order valence-corrected chi connectivity index (χ4v) is 2.85. The van der Waals surface area contributed by atoms with E-state index in [1.807, 2.05) is 44.2 Å². The van der Waals surface area contributed by atoms with Crippen LogP contribution < -0.4 is 0 Å². The fourth-order valence-electron chi connectivity index (χ4n) is 1.64. The number of benzene rings is 1. The van der Waals surface area contributed by atoms with Gasteiger partial charge in [-0.15, -0.1) is 0 Å². The van der Waals surface area contributed by atoms with E-state index in [-0.39, 0.29) is 10.9 Å². The molecular formula is C12H16O2S. The zero-order valence-electron chi connectivity index (χ0n) is 9.10. The first-order chi connectivity index (χ1) is 7.09. The molecule has 1 unspecified atom stereocenters. The molecule has 2 nitrogen and oxygen atoms in total. The summed E-state index contributed by atoms with van der Waals surface area (Å²) in [6.45, 7) is 4.55. The molecule has 0 spiro atoms. The second-order valence-corrected chi connectivity index (χ2v) is 6.61. The van der Waals surface area contributed by atoms with Gasteiger partial charge in [-0.1, -0.05) is 30.3 Å². The largest absolute Gasteiger partial charge is 0.371 e. The molecule has 0 N–H and O–H groups in total. The van der Waals surface area contributed by atoms with Gasteiger partial charge in [0, 0.05) is 10.8 Å². The summed E-state index contributed by atoms with van der Waals surface area (Å²) in [4.78, 5) is 0. The molecule has 0 bridgehead atoms. The van der Waals surface area contributed by atoms with Gasteiger partial charge in [-0.25, -0.2) is 0 Å². The molecule has 2 rings (SSSR count). The SMILES string of the molecule is CC1(C)CO[C@H](c2ccccc2)CS1=O. The Morgan fingerprint density at radius 1 is 1.33 bits per heavy atom. The summed E-state index contributed by atoms with van der Waals surface area (Å²) < 4.78 is 17.5. The van der Waals surface area contributed by atoms with Gasteiger partial charge < -0.3 is 4.74 Å². The molecule has 1 aliphatic heterocycles. The highest BCUT2D eigenvalue weighted by molar-refractivity contribution is 7.86. The third-order valence-corrected chi connectivity index (χ3v) is 4.68. The van der Waals surface area contributed by atoms with Crippen molar-refractivity contribution in [3.63, 3.8) is 0 Å². The van der Waals surface area contributed by atoms with Crippen LogP contribution in [-0.2, 0) is 15.5 Å². The van der Waals surface area contributed by atoms with Crippen molar-refractivity contribution in [1.29, 1.82) is 0 Å². The highest BCUT2D eigenvalue weighted by atomic mass is 32.2. The molecule has 1 aliphatic rings. The Bertz CT molecular complexity index is 359. The molecule has 1 saturated heterocycles. The first-order valence-corrected chi connectivity index (χ1v) is 6.46. The third kappa shape index (κ3) is 2.29. The molecule has 2 atom stereocenters. The predicted molar refractivity (Wildman–Crippen MR) is 62.2 cm³/mol. The Balaban J connectivity index is 2.13. The van der Waals surface area contributed by atoms with E-state index in [2.05, 4.69) is 0 Å². The molecule has 0 aliphatic carbocycles. The second kappa shape index (κ2) is 4.06. The van der Waals surface area contributed by atoms with Gasteiger partial charge in [0.05, 0.1) is 23.2 Å². The molecule has 82 valence electrons. The lowest BCUT2D eigenvalue weighted by Crippen LogP contribution is -2.41. The van der Waals surface area contributed by atoms with E-state index in [1.54, 1.807) is 0 Å². The zero-order valence-corrected chi connectivity index (χ0v) is 9.92. The maximum Gasteiger partial charge on any atom is 0.0941 e. The van der Waals surface area contributed by atoms with Crippen molar-refractivity contribution >= 4 is 10.8 Å². The summed E-state index contributed by atoms with van der Waals surface area (Å²) in [5.41, 5.74) is 1.13. The van der Waals surface area contributed by atoms with Crippen LogP contribution in [0, 0.1) is 0 Å². The van der Waals surface area contributed by atoms with Crippen molar-refractivity contribution in [1.82, 2.24) is 0 Å².